The van der Waals surface area contributed by atoms with E-state index in [-0.39, 0.29) is 5.39 Å². The molecule has 1 nitrogen and oxygen atoms in total. The van der Waals surface area contributed by atoms with Crippen molar-refractivity contribution in [1.82, 2.24) is 0 Å². The van der Waals surface area contributed by atoms with Crippen LogP contribution in [0.1, 0.15) is 10.4 Å². The van der Waals surface area contributed by atoms with Gasteiger partial charge in [-0.3, -0.25) is 4.79 Å². The van der Waals surface area contributed by atoms with Crippen LogP contribution in [0.5, 0.6) is 0 Å². The second-order valence-electron chi connectivity index (χ2n) is 2.95. The predicted octanol–water partition coefficient (Wildman–Crippen LogP) is 2.93. The van der Waals surface area contributed by atoms with Crippen LogP contribution in [0, 0.1) is 11.6 Å². The fourth-order valence-electron chi connectivity index (χ4n) is 1.43. The van der Waals surface area contributed by atoms with Gasteiger partial charge in [0.2, 0.25) is 0 Å². The molecule has 0 aliphatic heterocycles. The van der Waals surface area contributed by atoms with Gasteiger partial charge in [0, 0.05) is 17.0 Å². The second kappa shape index (κ2) is 3.18. The number of hydrogen-bond acceptors (Lipinski definition) is 1. The molecule has 2 aromatic carbocycles. The Bertz CT molecular complexity index is 506. The van der Waals surface area contributed by atoms with E-state index in [0.29, 0.717) is 17.2 Å². The molecule has 2 aromatic rings. The summed E-state index contributed by atoms with van der Waals surface area (Å²) in [6, 6.07) is 6.55. The van der Waals surface area contributed by atoms with Crippen LogP contribution in [-0.2, 0) is 0 Å². The third-order valence-electron chi connectivity index (χ3n) is 2.07. The topological polar surface area (TPSA) is 17.1 Å². The number of aldehydes is 1. The molecule has 0 unspecified atom stereocenters. The van der Waals surface area contributed by atoms with Gasteiger partial charge in [0.1, 0.15) is 11.6 Å². The molecular formula is C11H6F2O. The number of carbonyl (C=O) groups excluding carboxylic acids is 1. The van der Waals surface area contributed by atoms with Crippen molar-refractivity contribution in [3.8, 4) is 0 Å². The first kappa shape index (κ1) is 8.81. The second-order valence-corrected chi connectivity index (χ2v) is 2.95. The van der Waals surface area contributed by atoms with Crippen molar-refractivity contribution < 1.29 is 13.6 Å². The van der Waals surface area contributed by atoms with Crippen LogP contribution >= 0.6 is 0 Å². The van der Waals surface area contributed by atoms with E-state index in [2.05, 4.69) is 0 Å². The minimum Gasteiger partial charge on any atom is -0.298 e. The molecule has 3 heteroatoms. The third-order valence-corrected chi connectivity index (χ3v) is 2.07. The van der Waals surface area contributed by atoms with E-state index < -0.39 is 11.6 Å². The van der Waals surface area contributed by atoms with Gasteiger partial charge in [-0.15, -0.1) is 0 Å². The van der Waals surface area contributed by atoms with Crippen molar-refractivity contribution >= 4 is 17.1 Å². The minimum absolute atomic E-state index is 0.260. The Morgan fingerprint density at radius 2 is 1.86 bits per heavy atom. The number of fused-ring (bicyclic) bond motifs is 1. The summed E-state index contributed by atoms with van der Waals surface area (Å²) in [7, 11) is 0. The Hall–Kier alpha value is -1.77. The van der Waals surface area contributed by atoms with E-state index in [4.69, 9.17) is 0 Å². The first-order valence-corrected chi connectivity index (χ1v) is 4.05. The quantitative estimate of drug-likeness (QED) is 0.635. The van der Waals surface area contributed by atoms with Crippen LogP contribution in [0.2, 0.25) is 0 Å². The molecule has 0 saturated carbocycles. The molecule has 0 fully saturated rings. The number of rotatable bonds is 1. The van der Waals surface area contributed by atoms with Crippen molar-refractivity contribution in [2.45, 2.75) is 0 Å². The zero-order valence-corrected chi connectivity index (χ0v) is 7.13. The Morgan fingerprint density at radius 1 is 1.07 bits per heavy atom. The molecule has 0 atom stereocenters. The molecule has 0 spiro atoms. The fraction of sp³-hybridized carbons (Fsp3) is 0. The smallest absolute Gasteiger partial charge is 0.150 e. The Labute approximate surface area is 79.0 Å². The highest BCUT2D eigenvalue weighted by Crippen LogP contribution is 2.21. The molecule has 0 aliphatic carbocycles. The number of halogens is 2. The summed E-state index contributed by atoms with van der Waals surface area (Å²) in [4.78, 5) is 10.6. The third kappa shape index (κ3) is 1.27. The van der Waals surface area contributed by atoms with Crippen LogP contribution in [0.25, 0.3) is 10.8 Å². The monoisotopic (exact) mass is 192 g/mol. The van der Waals surface area contributed by atoms with E-state index in [0.717, 1.165) is 12.1 Å². The van der Waals surface area contributed by atoms with Gasteiger partial charge in [0.15, 0.2) is 6.29 Å². The van der Waals surface area contributed by atoms with Crippen molar-refractivity contribution in [2.75, 3.05) is 0 Å². The highest BCUT2D eigenvalue weighted by atomic mass is 19.1. The summed E-state index contributed by atoms with van der Waals surface area (Å²) in [6.45, 7) is 0. The number of carbonyl (C=O) groups is 1. The number of hydrogen-bond donors (Lipinski definition) is 0. The van der Waals surface area contributed by atoms with Crippen molar-refractivity contribution in [1.29, 1.82) is 0 Å². The highest BCUT2D eigenvalue weighted by Gasteiger charge is 2.06. The molecule has 2 rings (SSSR count). The summed E-state index contributed by atoms with van der Waals surface area (Å²) in [5, 5.41) is 0.566. The van der Waals surface area contributed by atoms with Crippen molar-refractivity contribution in [3.63, 3.8) is 0 Å². The first-order valence-electron chi connectivity index (χ1n) is 4.05. The standard InChI is InChI=1S/C11H6F2O/c12-8-4-10-7(6-14)2-1-3-9(10)11(13)5-8/h1-6H. The summed E-state index contributed by atoms with van der Waals surface area (Å²) >= 11 is 0. The van der Waals surface area contributed by atoms with Crippen molar-refractivity contribution in [3.05, 3.63) is 47.5 Å². The Morgan fingerprint density at radius 3 is 2.57 bits per heavy atom. The molecule has 0 amide bonds. The molecule has 0 radical (unpaired) electrons. The van der Waals surface area contributed by atoms with Gasteiger partial charge < -0.3 is 0 Å². The lowest BCUT2D eigenvalue weighted by Crippen LogP contribution is -1.88. The molecule has 0 bridgehead atoms. The average Bonchev–Trinajstić information content (AvgIpc) is 2.17. The van der Waals surface area contributed by atoms with Gasteiger partial charge in [-0.1, -0.05) is 18.2 Å². The van der Waals surface area contributed by atoms with Crippen LogP contribution < -0.4 is 0 Å². The van der Waals surface area contributed by atoms with E-state index >= 15 is 0 Å². The predicted molar refractivity (Wildman–Crippen MR) is 49.3 cm³/mol. The molecule has 0 saturated heterocycles. The fourth-order valence-corrected chi connectivity index (χ4v) is 1.43. The summed E-state index contributed by atoms with van der Waals surface area (Å²) in [6.07, 6.45) is 0.585. The maximum atomic E-state index is 13.2. The minimum atomic E-state index is -0.677. The van der Waals surface area contributed by atoms with Gasteiger partial charge in [-0.05, 0) is 11.5 Å². The maximum Gasteiger partial charge on any atom is 0.150 e. The number of benzene rings is 2. The average molecular weight is 192 g/mol. The summed E-state index contributed by atoms with van der Waals surface area (Å²) in [5.41, 5.74) is 0.293. The molecule has 0 aromatic heterocycles. The highest BCUT2D eigenvalue weighted by molar-refractivity contribution is 5.98. The van der Waals surface area contributed by atoms with Gasteiger partial charge >= 0.3 is 0 Å². The van der Waals surface area contributed by atoms with E-state index in [9.17, 15) is 13.6 Å². The van der Waals surface area contributed by atoms with Gasteiger partial charge in [-0.25, -0.2) is 8.78 Å². The lowest BCUT2D eigenvalue weighted by atomic mass is 10.0. The van der Waals surface area contributed by atoms with Crippen LogP contribution in [0.3, 0.4) is 0 Å². The Kier molecular flexibility index (Phi) is 2.00. The van der Waals surface area contributed by atoms with Crippen LogP contribution in [0.15, 0.2) is 30.3 Å². The largest absolute Gasteiger partial charge is 0.298 e. The summed E-state index contributed by atoms with van der Waals surface area (Å²) < 4.78 is 26.1. The van der Waals surface area contributed by atoms with E-state index in [1.807, 2.05) is 0 Å². The molecule has 0 aliphatic rings. The normalized spacial score (nSPS) is 10.4. The van der Waals surface area contributed by atoms with Crippen molar-refractivity contribution in [2.24, 2.45) is 0 Å². The molecule has 14 heavy (non-hydrogen) atoms. The molecule has 0 N–H and O–H groups in total. The molecular weight excluding hydrogens is 186 g/mol. The zero-order valence-electron chi connectivity index (χ0n) is 7.13. The first-order chi connectivity index (χ1) is 6.72. The Balaban J connectivity index is 2.93. The molecule has 70 valence electrons. The lowest BCUT2D eigenvalue weighted by Gasteiger charge is -2.01. The SMILES string of the molecule is O=Cc1cccc2c(F)cc(F)cc12. The summed E-state index contributed by atoms with van der Waals surface area (Å²) in [5.74, 6) is -1.33. The van der Waals surface area contributed by atoms with Gasteiger partial charge in [-0.2, -0.15) is 0 Å². The van der Waals surface area contributed by atoms with E-state index in [1.165, 1.54) is 12.1 Å². The van der Waals surface area contributed by atoms with Gasteiger partial charge in [0.25, 0.3) is 0 Å². The maximum absolute atomic E-state index is 13.2. The molecule has 0 heterocycles. The van der Waals surface area contributed by atoms with Gasteiger partial charge in [0.05, 0.1) is 0 Å². The zero-order chi connectivity index (χ0) is 10.1. The van der Waals surface area contributed by atoms with E-state index in [1.54, 1.807) is 6.07 Å². The van der Waals surface area contributed by atoms with Crippen LogP contribution in [0.4, 0.5) is 8.78 Å². The lowest BCUT2D eigenvalue weighted by molar-refractivity contribution is 0.112. The van der Waals surface area contributed by atoms with Crippen LogP contribution in [-0.4, -0.2) is 6.29 Å².